The fourth-order valence-electron chi connectivity index (χ4n) is 1.91. The third-order valence-corrected chi connectivity index (χ3v) is 3.31. The van der Waals surface area contributed by atoms with Crippen molar-refractivity contribution < 1.29 is 4.79 Å². The minimum atomic E-state index is -0.0751. The molecule has 0 aliphatic rings. The van der Waals surface area contributed by atoms with Crippen molar-refractivity contribution in [3.63, 3.8) is 0 Å². The highest BCUT2D eigenvalue weighted by atomic mass is 16.1. The van der Waals surface area contributed by atoms with E-state index < -0.39 is 0 Å². The quantitative estimate of drug-likeness (QED) is 0.735. The van der Waals surface area contributed by atoms with Gasteiger partial charge in [-0.2, -0.15) is 0 Å². The second-order valence-electron chi connectivity index (χ2n) is 4.92. The van der Waals surface area contributed by atoms with Crippen LogP contribution in [-0.2, 0) is 0 Å². The zero-order chi connectivity index (χ0) is 15.2. The van der Waals surface area contributed by atoms with Gasteiger partial charge >= 0.3 is 0 Å². The van der Waals surface area contributed by atoms with Gasteiger partial charge in [-0.25, -0.2) is 4.98 Å². The van der Waals surface area contributed by atoms with Crippen LogP contribution in [0.15, 0.2) is 36.5 Å². The van der Waals surface area contributed by atoms with Crippen LogP contribution in [-0.4, -0.2) is 24.0 Å². The van der Waals surface area contributed by atoms with Crippen LogP contribution in [0.25, 0.3) is 0 Å². The van der Waals surface area contributed by atoms with Gasteiger partial charge in [-0.1, -0.05) is 6.07 Å². The van der Waals surface area contributed by atoms with Gasteiger partial charge in [0, 0.05) is 24.8 Å². The summed E-state index contributed by atoms with van der Waals surface area (Å²) < 4.78 is 0. The number of carbonyl (C=O) groups excluding carboxylic acids is 1. The molecule has 4 N–H and O–H groups in total. The van der Waals surface area contributed by atoms with E-state index >= 15 is 0 Å². The molecular formula is C16H20N4O. The van der Waals surface area contributed by atoms with Crippen LogP contribution >= 0.6 is 0 Å². The number of nitrogens with two attached hydrogens (primary N) is 1. The van der Waals surface area contributed by atoms with E-state index in [1.54, 1.807) is 18.3 Å². The molecule has 1 aromatic heterocycles. The van der Waals surface area contributed by atoms with Crippen LogP contribution in [0, 0.1) is 13.8 Å². The Morgan fingerprint density at radius 3 is 2.71 bits per heavy atom. The number of anilines is 2. The SMILES string of the molecule is Cc1ccc(C(=O)NCCNc2ncccc2N)cc1C. The van der Waals surface area contributed by atoms with Crippen molar-refractivity contribution in [3.05, 3.63) is 53.2 Å². The first kappa shape index (κ1) is 14.8. The molecule has 0 atom stereocenters. The van der Waals surface area contributed by atoms with Crippen molar-refractivity contribution in [1.29, 1.82) is 0 Å². The molecule has 0 spiro atoms. The van der Waals surface area contributed by atoms with Gasteiger partial charge in [-0.3, -0.25) is 4.79 Å². The summed E-state index contributed by atoms with van der Waals surface area (Å²) in [6.07, 6.45) is 1.67. The molecule has 5 nitrogen and oxygen atoms in total. The lowest BCUT2D eigenvalue weighted by atomic mass is 10.1. The van der Waals surface area contributed by atoms with Crippen LogP contribution in [0.3, 0.4) is 0 Å². The molecule has 0 saturated heterocycles. The monoisotopic (exact) mass is 284 g/mol. The van der Waals surface area contributed by atoms with Gasteiger partial charge in [-0.05, 0) is 49.2 Å². The molecule has 2 aromatic rings. The van der Waals surface area contributed by atoms with E-state index in [0.29, 0.717) is 30.2 Å². The lowest BCUT2D eigenvalue weighted by molar-refractivity contribution is 0.0955. The molecular weight excluding hydrogens is 264 g/mol. The summed E-state index contributed by atoms with van der Waals surface area (Å²) in [6, 6.07) is 9.25. The standard InChI is InChI=1S/C16H20N4O/c1-11-5-6-13(10-12(11)2)16(21)20-9-8-19-15-14(17)4-3-7-18-15/h3-7,10H,8-9,17H2,1-2H3,(H,18,19)(H,20,21). The molecule has 0 bridgehead atoms. The lowest BCUT2D eigenvalue weighted by Gasteiger charge is -2.09. The van der Waals surface area contributed by atoms with Crippen LogP contribution in [0.1, 0.15) is 21.5 Å². The number of nitrogens with zero attached hydrogens (tertiary/aromatic N) is 1. The second-order valence-corrected chi connectivity index (χ2v) is 4.92. The maximum Gasteiger partial charge on any atom is 0.251 e. The van der Waals surface area contributed by atoms with Gasteiger partial charge < -0.3 is 16.4 Å². The number of aryl methyl sites for hydroxylation is 2. The van der Waals surface area contributed by atoms with Gasteiger partial charge in [0.2, 0.25) is 0 Å². The van der Waals surface area contributed by atoms with Gasteiger partial charge in [0.15, 0.2) is 0 Å². The van der Waals surface area contributed by atoms with E-state index in [1.165, 1.54) is 5.56 Å². The normalized spacial score (nSPS) is 10.2. The maximum absolute atomic E-state index is 12.0. The van der Waals surface area contributed by atoms with Crippen LogP contribution < -0.4 is 16.4 Å². The van der Waals surface area contributed by atoms with E-state index in [2.05, 4.69) is 15.6 Å². The number of carbonyl (C=O) groups is 1. The third kappa shape index (κ3) is 3.95. The molecule has 5 heteroatoms. The predicted molar refractivity (Wildman–Crippen MR) is 85.4 cm³/mol. The first-order chi connectivity index (χ1) is 10.1. The highest BCUT2D eigenvalue weighted by molar-refractivity contribution is 5.94. The van der Waals surface area contributed by atoms with Gasteiger partial charge in [0.25, 0.3) is 5.91 Å². The first-order valence-electron chi connectivity index (χ1n) is 6.88. The van der Waals surface area contributed by atoms with Gasteiger partial charge in [0.1, 0.15) is 5.82 Å². The van der Waals surface area contributed by atoms with E-state index in [-0.39, 0.29) is 5.91 Å². The molecule has 110 valence electrons. The Morgan fingerprint density at radius 2 is 2.00 bits per heavy atom. The summed E-state index contributed by atoms with van der Waals surface area (Å²) in [5.74, 6) is 0.562. The molecule has 0 aliphatic heterocycles. The van der Waals surface area contributed by atoms with E-state index in [1.807, 2.05) is 32.0 Å². The van der Waals surface area contributed by atoms with Gasteiger partial charge in [-0.15, -0.1) is 0 Å². The third-order valence-electron chi connectivity index (χ3n) is 3.31. The topological polar surface area (TPSA) is 80.0 Å². The Balaban J connectivity index is 1.82. The molecule has 0 saturated carbocycles. The largest absolute Gasteiger partial charge is 0.396 e. The summed E-state index contributed by atoms with van der Waals surface area (Å²) in [4.78, 5) is 16.1. The van der Waals surface area contributed by atoms with Crippen molar-refractivity contribution in [1.82, 2.24) is 10.3 Å². The first-order valence-corrected chi connectivity index (χ1v) is 6.88. The number of amides is 1. The van der Waals surface area contributed by atoms with E-state index in [0.717, 1.165) is 5.56 Å². The molecule has 1 heterocycles. The highest BCUT2D eigenvalue weighted by Gasteiger charge is 2.06. The van der Waals surface area contributed by atoms with Crippen molar-refractivity contribution in [2.24, 2.45) is 0 Å². The molecule has 2 rings (SSSR count). The number of rotatable bonds is 5. The number of benzene rings is 1. The Morgan fingerprint density at radius 1 is 1.19 bits per heavy atom. The van der Waals surface area contributed by atoms with Crippen molar-refractivity contribution >= 4 is 17.4 Å². The average molecular weight is 284 g/mol. The summed E-state index contributed by atoms with van der Waals surface area (Å²) >= 11 is 0. The maximum atomic E-state index is 12.0. The Kier molecular flexibility index (Phi) is 4.77. The minimum Gasteiger partial charge on any atom is -0.396 e. The molecule has 0 aliphatic carbocycles. The Labute approximate surface area is 124 Å². The Bertz CT molecular complexity index is 640. The van der Waals surface area contributed by atoms with E-state index in [9.17, 15) is 4.79 Å². The van der Waals surface area contributed by atoms with Gasteiger partial charge in [0.05, 0.1) is 5.69 Å². The summed E-state index contributed by atoms with van der Waals surface area (Å²) in [5, 5.41) is 5.95. The molecule has 0 unspecified atom stereocenters. The molecule has 0 radical (unpaired) electrons. The number of hydrogen-bond donors (Lipinski definition) is 3. The molecule has 0 fully saturated rings. The van der Waals surface area contributed by atoms with Crippen LogP contribution in [0.4, 0.5) is 11.5 Å². The summed E-state index contributed by atoms with van der Waals surface area (Å²) in [7, 11) is 0. The molecule has 1 amide bonds. The summed E-state index contributed by atoms with van der Waals surface area (Å²) in [5.41, 5.74) is 9.34. The van der Waals surface area contributed by atoms with Crippen molar-refractivity contribution in [2.75, 3.05) is 24.1 Å². The van der Waals surface area contributed by atoms with Crippen LogP contribution in [0.5, 0.6) is 0 Å². The fraction of sp³-hybridized carbons (Fsp3) is 0.250. The molecule has 21 heavy (non-hydrogen) atoms. The summed E-state index contributed by atoms with van der Waals surface area (Å²) in [6.45, 7) is 5.09. The van der Waals surface area contributed by atoms with Crippen molar-refractivity contribution in [2.45, 2.75) is 13.8 Å². The zero-order valence-corrected chi connectivity index (χ0v) is 12.3. The number of nitrogens with one attached hydrogen (secondary N) is 2. The van der Waals surface area contributed by atoms with Crippen molar-refractivity contribution in [3.8, 4) is 0 Å². The Hall–Kier alpha value is -2.56. The van der Waals surface area contributed by atoms with E-state index in [4.69, 9.17) is 5.73 Å². The minimum absolute atomic E-state index is 0.0751. The zero-order valence-electron chi connectivity index (χ0n) is 12.3. The lowest BCUT2D eigenvalue weighted by Crippen LogP contribution is -2.29. The highest BCUT2D eigenvalue weighted by Crippen LogP contribution is 2.12. The smallest absolute Gasteiger partial charge is 0.251 e. The van der Waals surface area contributed by atoms with Crippen LogP contribution in [0.2, 0.25) is 0 Å². The number of nitrogen functional groups attached to an aromatic ring is 1. The average Bonchev–Trinajstić information content (AvgIpc) is 2.48. The number of pyridine rings is 1. The fourth-order valence-corrected chi connectivity index (χ4v) is 1.91. The number of hydrogen-bond acceptors (Lipinski definition) is 4. The second kappa shape index (κ2) is 6.74. The predicted octanol–water partition coefficient (Wildman–Crippen LogP) is 2.12. The number of aromatic nitrogens is 1. The molecule has 1 aromatic carbocycles.